The summed E-state index contributed by atoms with van der Waals surface area (Å²) in [5.41, 5.74) is -0.422. The number of carbonyl (C=O) groups excluding carboxylic acids is 2. The van der Waals surface area contributed by atoms with Crippen LogP contribution in [0.5, 0.6) is 0 Å². The molecule has 0 spiro atoms. The summed E-state index contributed by atoms with van der Waals surface area (Å²) in [5.74, 6) is -1.03. The molecule has 1 aromatic rings. The third kappa shape index (κ3) is 3.22. The lowest BCUT2D eigenvalue weighted by Gasteiger charge is -2.15. The van der Waals surface area contributed by atoms with Crippen LogP contribution < -0.4 is 0 Å². The molecule has 0 aliphatic heterocycles. The molecule has 0 saturated carbocycles. The summed E-state index contributed by atoms with van der Waals surface area (Å²) < 4.78 is 12.6. The maximum Gasteiger partial charge on any atom is 0.188 e. The van der Waals surface area contributed by atoms with E-state index >= 15 is 0 Å². The second kappa shape index (κ2) is 4.51. The van der Waals surface area contributed by atoms with E-state index in [0.717, 1.165) is 12.3 Å². The Bertz CT molecular complexity index is 404. The van der Waals surface area contributed by atoms with Crippen molar-refractivity contribution in [1.82, 2.24) is 4.98 Å². The van der Waals surface area contributed by atoms with E-state index in [4.69, 9.17) is 0 Å². The van der Waals surface area contributed by atoms with Crippen LogP contribution in [0.2, 0.25) is 0 Å². The van der Waals surface area contributed by atoms with Gasteiger partial charge >= 0.3 is 0 Å². The first kappa shape index (κ1) is 12.5. The van der Waals surface area contributed by atoms with Crippen molar-refractivity contribution in [3.05, 3.63) is 29.8 Å². The van der Waals surface area contributed by atoms with Crippen LogP contribution in [0.15, 0.2) is 18.3 Å². The summed E-state index contributed by atoms with van der Waals surface area (Å²) in [5, 5.41) is 0. The molecule has 86 valence electrons. The Hall–Kier alpha value is -1.58. The first-order valence-corrected chi connectivity index (χ1v) is 4.99. The predicted octanol–water partition coefficient (Wildman–Crippen LogP) is 2.41. The van der Waals surface area contributed by atoms with E-state index in [0.29, 0.717) is 0 Å². The fourth-order valence-electron chi connectivity index (χ4n) is 1.04. The van der Waals surface area contributed by atoms with Crippen LogP contribution in [0.1, 0.15) is 37.7 Å². The summed E-state index contributed by atoms with van der Waals surface area (Å²) in [6.07, 6.45) is 0.775. The number of ketones is 2. The molecule has 1 heterocycles. The van der Waals surface area contributed by atoms with Crippen molar-refractivity contribution in [2.24, 2.45) is 5.41 Å². The van der Waals surface area contributed by atoms with Gasteiger partial charge in [-0.25, -0.2) is 4.39 Å². The average Bonchev–Trinajstić information content (AvgIpc) is 2.17. The SMILES string of the molecule is CC(C)(C)C(=O)CC(=O)c1ccc(F)cn1. The highest BCUT2D eigenvalue weighted by atomic mass is 19.1. The third-order valence-corrected chi connectivity index (χ3v) is 2.17. The average molecular weight is 223 g/mol. The molecule has 0 amide bonds. The van der Waals surface area contributed by atoms with Crippen LogP contribution in [-0.2, 0) is 4.79 Å². The third-order valence-electron chi connectivity index (χ3n) is 2.17. The van der Waals surface area contributed by atoms with E-state index in [9.17, 15) is 14.0 Å². The number of nitrogens with zero attached hydrogens (tertiary/aromatic N) is 1. The van der Waals surface area contributed by atoms with E-state index < -0.39 is 11.2 Å². The first-order chi connectivity index (χ1) is 7.30. The van der Waals surface area contributed by atoms with Crippen LogP contribution in [0.25, 0.3) is 0 Å². The molecule has 0 atom stereocenters. The molecule has 0 aliphatic rings. The van der Waals surface area contributed by atoms with Crippen LogP contribution in [0.4, 0.5) is 4.39 Å². The monoisotopic (exact) mass is 223 g/mol. The van der Waals surface area contributed by atoms with Gasteiger partial charge < -0.3 is 0 Å². The summed E-state index contributed by atoms with van der Waals surface area (Å²) in [6.45, 7) is 5.25. The van der Waals surface area contributed by atoms with Crippen LogP contribution in [0, 0.1) is 11.2 Å². The zero-order chi connectivity index (χ0) is 12.3. The molecule has 0 fully saturated rings. The van der Waals surface area contributed by atoms with Crippen molar-refractivity contribution in [2.75, 3.05) is 0 Å². The first-order valence-electron chi connectivity index (χ1n) is 4.99. The van der Waals surface area contributed by atoms with Crippen molar-refractivity contribution in [2.45, 2.75) is 27.2 Å². The number of hydrogen-bond donors (Lipinski definition) is 0. The summed E-state index contributed by atoms with van der Waals surface area (Å²) in [7, 11) is 0. The lowest BCUT2D eigenvalue weighted by molar-refractivity contribution is -0.125. The molecule has 1 aromatic heterocycles. The van der Waals surface area contributed by atoms with E-state index in [1.165, 1.54) is 6.07 Å². The zero-order valence-electron chi connectivity index (χ0n) is 9.58. The van der Waals surface area contributed by atoms with Gasteiger partial charge in [0.15, 0.2) is 5.78 Å². The largest absolute Gasteiger partial charge is 0.299 e. The minimum atomic E-state index is -0.546. The Morgan fingerprint density at radius 3 is 2.38 bits per heavy atom. The van der Waals surface area contributed by atoms with Crippen molar-refractivity contribution in [1.29, 1.82) is 0 Å². The topological polar surface area (TPSA) is 47.0 Å². The molecule has 0 aliphatic carbocycles. The molecule has 3 nitrogen and oxygen atoms in total. The second-order valence-corrected chi connectivity index (χ2v) is 4.63. The predicted molar refractivity (Wildman–Crippen MR) is 57.6 cm³/mol. The highest BCUT2D eigenvalue weighted by Gasteiger charge is 2.24. The second-order valence-electron chi connectivity index (χ2n) is 4.63. The fraction of sp³-hybridized carbons (Fsp3) is 0.417. The van der Waals surface area contributed by atoms with Gasteiger partial charge in [0.25, 0.3) is 0 Å². The number of Topliss-reactive ketones (excluding diaryl/α,β-unsaturated/α-hetero) is 2. The lowest BCUT2D eigenvalue weighted by atomic mass is 9.87. The van der Waals surface area contributed by atoms with Gasteiger partial charge in [0.2, 0.25) is 0 Å². The Kier molecular flexibility index (Phi) is 3.52. The minimum Gasteiger partial charge on any atom is -0.299 e. The summed E-state index contributed by atoms with van der Waals surface area (Å²) in [4.78, 5) is 26.8. The van der Waals surface area contributed by atoms with Crippen LogP contribution in [-0.4, -0.2) is 16.6 Å². The minimum absolute atomic E-state index is 0.124. The highest BCUT2D eigenvalue weighted by Crippen LogP contribution is 2.17. The van der Waals surface area contributed by atoms with E-state index in [2.05, 4.69) is 4.98 Å². The Morgan fingerprint density at radius 2 is 1.94 bits per heavy atom. The van der Waals surface area contributed by atoms with Gasteiger partial charge in [-0.2, -0.15) is 0 Å². The van der Waals surface area contributed by atoms with Crippen molar-refractivity contribution in [3.8, 4) is 0 Å². The number of halogens is 1. The molecule has 0 radical (unpaired) electrons. The quantitative estimate of drug-likeness (QED) is 0.584. The van der Waals surface area contributed by atoms with E-state index in [1.807, 2.05) is 0 Å². The maximum atomic E-state index is 12.6. The van der Waals surface area contributed by atoms with Gasteiger partial charge in [-0.05, 0) is 12.1 Å². The highest BCUT2D eigenvalue weighted by molar-refractivity contribution is 6.08. The number of rotatable bonds is 3. The summed E-state index contributed by atoms with van der Waals surface area (Å²) >= 11 is 0. The molecule has 1 rings (SSSR count). The Balaban J connectivity index is 2.74. The molecule has 16 heavy (non-hydrogen) atoms. The van der Waals surface area contributed by atoms with Gasteiger partial charge in [-0.15, -0.1) is 0 Å². The smallest absolute Gasteiger partial charge is 0.188 e. The van der Waals surface area contributed by atoms with Crippen molar-refractivity contribution < 1.29 is 14.0 Å². The lowest BCUT2D eigenvalue weighted by Crippen LogP contribution is -2.23. The molecule has 0 N–H and O–H groups in total. The number of carbonyl (C=O) groups is 2. The van der Waals surface area contributed by atoms with Gasteiger partial charge in [-0.1, -0.05) is 20.8 Å². The normalized spacial score (nSPS) is 11.2. The van der Waals surface area contributed by atoms with Gasteiger partial charge in [-0.3, -0.25) is 14.6 Å². The van der Waals surface area contributed by atoms with Crippen molar-refractivity contribution in [3.63, 3.8) is 0 Å². The van der Waals surface area contributed by atoms with Gasteiger partial charge in [0.05, 0.1) is 12.6 Å². The van der Waals surface area contributed by atoms with Gasteiger partial charge in [0.1, 0.15) is 17.3 Å². The number of pyridine rings is 1. The number of aromatic nitrogens is 1. The van der Waals surface area contributed by atoms with Crippen LogP contribution >= 0.6 is 0 Å². The van der Waals surface area contributed by atoms with Gasteiger partial charge in [0, 0.05) is 5.41 Å². The Morgan fingerprint density at radius 1 is 1.31 bits per heavy atom. The fourth-order valence-corrected chi connectivity index (χ4v) is 1.04. The zero-order valence-corrected chi connectivity index (χ0v) is 9.58. The summed E-state index contributed by atoms with van der Waals surface area (Å²) in [6, 6.07) is 2.44. The molecule has 0 aromatic carbocycles. The van der Waals surface area contributed by atoms with E-state index in [1.54, 1.807) is 20.8 Å². The molecule has 0 unspecified atom stereocenters. The molecule has 0 bridgehead atoms. The number of hydrogen-bond acceptors (Lipinski definition) is 3. The van der Waals surface area contributed by atoms with Crippen LogP contribution in [0.3, 0.4) is 0 Å². The molecule has 4 heteroatoms. The molecular formula is C12H14FNO2. The van der Waals surface area contributed by atoms with E-state index in [-0.39, 0.29) is 23.7 Å². The Labute approximate surface area is 93.7 Å². The standard InChI is InChI=1S/C12H14FNO2/c1-12(2,3)11(16)6-10(15)9-5-4-8(13)7-14-9/h4-5,7H,6H2,1-3H3. The molecular weight excluding hydrogens is 209 g/mol. The molecule has 0 saturated heterocycles. The maximum absolute atomic E-state index is 12.6. The van der Waals surface area contributed by atoms with Crippen molar-refractivity contribution >= 4 is 11.6 Å².